The number of unbranched alkanes of at least 4 members (excludes halogenated alkanes) is 1. The molecule has 0 saturated heterocycles. The van der Waals surface area contributed by atoms with Crippen molar-refractivity contribution >= 4 is 118 Å². The lowest BCUT2D eigenvalue weighted by molar-refractivity contribution is 0.419. The number of nitrogens with two attached hydrogens (primary N) is 1. The van der Waals surface area contributed by atoms with Gasteiger partial charge in [0.25, 0.3) is 0 Å². The Kier molecular flexibility index (Phi) is 29.4. The number of nitrogens with zero attached hydrogens (tertiary/aromatic N) is 18. The Morgan fingerprint density at radius 2 is 0.672 bits per heavy atom. The number of rotatable bonds is 17. The number of fused-ring (bicyclic) bond motifs is 6. The molecule has 0 aliphatic carbocycles. The molecule has 0 aliphatic rings. The van der Waals surface area contributed by atoms with Gasteiger partial charge in [-0.15, -0.1) is 0 Å². The fourth-order valence-electron chi connectivity index (χ4n) is 14.4. The Balaban J connectivity index is 0.000000134. The standard InChI is InChI=1S/C19H20FN3O.2C17H17N3O2.C17H17N3O.C16H14ClN3O.C16H16N4O/c1-3-4-11-23(2)19-15-12-13(20)9-10-16(15)21-18(22-19)14-7-5-6-8-17(14)24;1-20(2)17-15-12(8-6-10-14(15)22-3)18-16(19-17)11-7-4-5-9-13(11)21;1-20(2)17-12-8-6-10-14(22-3)15(12)18-16(19-17)11-7-4-5-9-13(11)21;1-11-7-6-9-13-15(11)17(20(2)3)19-16(18-13)12-8-4-5-10-14(12)21;1-20(2)16-14-11(17)7-5-8-12(14)18-15(19-16)10-6-3-4-9-13(10)21;1-20(2)16-11-8-7-10(17)9-13(11)18-15(19-16)12-5-3-4-6-14(12)21/h5-10,12,24H,3-4,11H2,1-2H3;2*4-10,21H,1-3H3;4-10,21H,1-3H3;3-9,21H,1-2H3;3-9,21H,17H2,1-2H3. The molecule has 666 valence electrons. The largest absolute Gasteiger partial charge is 0.507 e. The second kappa shape index (κ2) is 41.6. The van der Waals surface area contributed by atoms with Crippen LogP contribution in [-0.2, 0) is 0 Å². The van der Waals surface area contributed by atoms with Crippen molar-refractivity contribution < 1.29 is 44.5 Å². The molecule has 0 spiro atoms. The average molecular weight is 1780 g/mol. The molecule has 12 aromatic carbocycles. The molecule has 0 amide bonds. The summed E-state index contributed by atoms with van der Waals surface area (Å²) in [6.45, 7) is 5.00. The second-order valence-electron chi connectivity index (χ2n) is 31.3. The Bertz CT molecular complexity index is 6950. The number of phenols is 6. The van der Waals surface area contributed by atoms with Gasteiger partial charge >= 0.3 is 0 Å². The van der Waals surface area contributed by atoms with Gasteiger partial charge in [-0.25, -0.2) is 64.2 Å². The summed E-state index contributed by atoms with van der Waals surface area (Å²) in [5.41, 5.74) is 15.8. The van der Waals surface area contributed by atoms with Gasteiger partial charge in [0.1, 0.15) is 92.2 Å². The third-order valence-electron chi connectivity index (χ3n) is 20.9. The molecule has 0 atom stereocenters. The molecular formula is C102H101ClFN19O8. The lowest BCUT2D eigenvalue weighted by atomic mass is 10.1. The number of hydrogen-bond acceptors (Lipinski definition) is 27. The third kappa shape index (κ3) is 21.1. The van der Waals surface area contributed by atoms with E-state index in [-0.39, 0.29) is 40.3 Å². The molecule has 0 bridgehead atoms. The molecule has 0 radical (unpaired) electrons. The number of hydrogen-bond donors (Lipinski definition) is 7. The summed E-state index contributed by atoms with van der Waals surface area (Å²) in [4.78, 5) is 66.6. The van der Waals surface area contributed by atoms with Crippen LogP contribution in [0.5, 0.6) is 46.0 Å². The normalized spacial score (nSPS) is 10.8. The van der Waals surface area contributed by atoms with Crippen LogP contribution in [0.2, 0.25) is 5.02 Å². The molecule has 0 aliphatic heterocycles. The number of aromatic nitrogens is 12. The molecular weight excluding hydrogens is 1670 g/mol. The molecule has 6 heterocycles. The highest BCUT2D eigenvalue weighted by Crippen LogP contribution is 2.41. The number of aryl methyl sites for hydroxylation is 1. The van der Waals surface area contributed by atoms with Crippen molar-refractivity contribution in [2.24, 2.45) is 0 Å². The van der Waals surface area contributed by atoms with Crippen LogP contribution in [0.1, 0.15) is 25.3 Å². The highest BCUT2D eigenvalue weighted by atomic mass is 35.5. The summed E-state index contributed by atoms with van der Waals surface area (Å²) in [6, 6.07) is 75.3. The Morgan fingerprint density at radius 1 is 0.321 bits per heavy atom. The van der Waals surface area contributed by atoms with Crippen LogP contribution >= 0.6 is 11.6 Å². The highest BCUT2D eigenvalue weighted by Gasteiger charge is 2.23. The second-order valence-corrected chi connectivity index (χ2v) is 31.7. The van der Waals surface area contributed by atoms with E-state index in [4.69, 9.17) is 26.8 Å². The first-order valence-electron chi connectivity index (χ1n) is 41.8. The lowest BCUT2D eigenvalue weighted by Gasteiger charge is -2.20. The molecule has 18 rings (SSSR count). The SMILES string of the molecule is CCCCN(C)c1nc(-c2ccccc2O)nc2ccc(F)cc12.CN(C)c1nc(-c2ccccc2O)nc2cc(N)ccc12.CN(C)c1nc(-c2ccccc2O)nc2cccc(Cl)c12.COc1cccc2c(N(C)C)nc(-c3ccccc3O)nc12.COc1cccc2nc(-c3ccccc3O)nc(N(C)C)c12.Cc1cccc2nc(-c3ccccc3O)nc(N(C)C)c12. The van der Waals surface area contributed by atoms with Gasteiger partial charge in [0, 0.05) is 111 Å². The predicted octanol–water partition coefficient (Wildman–Crippen LogP) is 20.3. The number of para-hydroxylation sites is 7. The van der Waals surface area contributed by atoms with Crippen LogP contribution in [0.3, 0.4) is 0 Å². The number of halogens is 2. The van der Waals surface area contributed by atoms with Gasteiger partial charge in [0.15, 0.2) is 34.9 Å². The van der Waals surface area contributed by atoms with E-state index in [1.54, 1.807) is 123 Å². The maximum absolute atomic E-state index is 13.7. The lowest BCUT2D eigenvalue weighted by Crippen LogP contribution is -2.20. The topological polar surface area (TPSA) is 340 Å². The number of ether oxygens (including phenoxy) is 2. The van der Waals surface area contributed by atoms with Gasteiger partial charge in [-0.1, -0.05) is 128 Å². The van der Waals surface area contributed by atoms with Gasteiger partial charge in [-0.05, 0) is 171 Å². The summed E-state index contributed by atoms with van der Waals surface area (Å²) < 4.78 is 24.5. The van der Waals surface area contributed by atoms with Gasteiger partial charge in [0.2, 0.25) is 0 Å². The van der Waals surface area contributed by atoms with E-state index < -0.39 is 0 Å². The van der Waals surface area contributed by atoms with Crippen molar-refractivity contribution in [2.45, 2.75) is 26.7 Å². The van der Waals surface area contributed by atoms with Gasteiger partial charge in [-0.3, -0.25) is 0 Å². The average Bonchev–Trinajstić information content (AvgIpc) is 0.809. The third-order valence-corrected chi connectivity index (χ3v) is 21.2. The zero-order chi connectivity index (χ0) is 93.4. The molecule has 27 nitrogen and oxygen atoms in total. The first kappa shape index (κ1) is 92.6. The number of methoxy groups -OCH3 is 2. The summed E-state index contributed by atoms with van der Waals surface area (Å²) in [7, 11) is 24.5. The van der Waals surface area contributed by atoms with Gasteiger partial charge < -0.3 is 75.2 Å². The van der Waals surface area contributed by atoms with E-state index in [0.717, 1.165) is 114 Å². The maximum Gasteiger partial charge on any atom is 0.166 e. The first-order valence-corrected chi connectivity index (χ1v) is 42.2. The summed E-state index contributed by atoms with van der Waals surface area (Å²) in [5, 5.41) is 66.1. The van der Waals surface area contributed by atoms with Crippen LogP contribution in [0, 0.1) is 12.7 Å². The fraction of sp³-hybridized carbons (Fsp3) is 0.176. The molecule has 18 aromatic rings. The monoisotopic (exact) mass is 1770 g/mol. The minimum atomic E-state index is -0.313. The first-order chi connectivity index (χ1) is 63.0. The van der Waals surface area contributed by atoms with Crippen LogP contribution in [-0.4, -0.2) is 189 Å². The fourth-order valence-corrected chi connectivity index (χ4v) is 14.6. The van der Waals surface area contributed by atoms with E-state index in [9.17, 15) is 35.0 Å². The van der Waals surface area contributed by atoms with Crippen molar-refractivity contribution in [3.05, 3.63) is 271 Å². The van der Waals surface area contributed by atoms with Crippen LogP contribution in [0.15, 0.2) is 255 Å². The van der Waals surface area contributed by atoms with Crippen molar-refractivity contribution in [2.75, 3.05) is 133 Å². The van der Waals surface area contributed by atoms with Crippen LogP contribution < -0.4 is 44.6 Å². The van der Waals surface area contributed by atoms with E-state index in [0.29, 0.717) is 102 Å². The number of benzene rings is 12. The highest BCUT2D eigenvalue weighted by molar-refractivity contribution is 6.36. The summed E-state index contributed by atoms with van der Waals surface area (Å²) >= 11 is 6.28. The zero-order valence-corrected chi connectivity index (χ0v) is 76.0. The number of phenolic OH excluding ortho intramolecular Hbond substituents is 6. The molecule has 131 heavy (non-hydrogen) atoms. The molecule has 0 saturated carbocycles. The molecule has 0 fully saturated rings. The summed E-state index contributed by atoms with van der Waals surface area (Å²) in [5.74, 6) is 9.51. The quantitative estimate of drug-likeness (QED) is 0.0416. The number of anilines is 7. The Labute approximate surface area is 763 Å². The van der Waals surface area contributed by atoms with Gasteiger partial charge in [-0.2, -0.15) is 0 Å². The molecule has 0 unspecified atom stereocenters. The van der Waals surface area contributed by atoms with Gasteiger partial charge in [0.05, 0.1) is 91.0 Å². The number of aromatic hydroxyl groups is 6. The minimum absolute atomic E-state index is 0.126. The van der Waals surface area contributed by atoms with E-state index in [1.807, 2.05) is 234 Å². The van der Waals surface area contributed by atoms with Crippen LogP contribution in [0.4, 0.5) is 45.0 Å². The number of nitrogen functional groups attached to an aromatic ring is 1. The van der Waals surface area contributed by atoms with Crippen molar-refractivity contribution in [3.63, 3.8) is 0 Å². The molecule has 8 N–H and O–H groups in total. The van der Waals surface area contributed by atoms with Crippen molar-refractivity contribution in [1.82, 2.24) is 59.8 Å². The smallest absolute Gasteiger partial charge is 0.166 e. The Morgan fingerprint density at radius 3 is 1.11 bits per heavy atom. The minimum Gasteiger partial charge on any atom is -0.507 e. The zero-order valence-electron chi connectivity index (χ0n) is 75.3. The van der Waals surface area contributed by atoms with E-state index in [1.165, 1.54) is 12.1 Å². The summed E-state index contributed by atoms with van der Waals surface area (Å²) in [6.07, 6.45) is 2.08. The van der Waals surface area contributed by atoms with E-state index >= 15 is 0 Å². The predicted molar refractivity (Wildman–Crippen MR) is 527 cm³/mol. The van der Waals surface area contributed by atoms with Crippen molar-refractivity contribution in [1.29, 1.82) is 0 Å². The van der Waals surface area contributed by atoms with Crippen molar-refractivity contribution in [3.8, 4) is 114 Å². The van der Waals surface area contributed by atoms with Crippen LogP contribution in [0.25, 0.3) is 134 Å². The molecule has 29 heteroatoms. The van der Waals surface area contributed by atoms with E-state index in [2.05, 4.69) is 79.7 Å². The Hall–Kier alpha value is -16.1. The molecule has 6 aromatic heterocycles. The maximum atomic E-state index is 13.7.